The van der Waals surface area contributed by atoms with Gasteiger partial charge in [-0.05, 0) is 19.8 Å². The fraction of sp³-hybridized carbons (Fsp3) is 0.929. The Morgan fingerprint density at radius 2 is 1.68 bits per heavy atom. The lowest BCUT2D eigenvalue weighted by Gasteiger charge is -2.16. The highest BCUT2D eigenvalue weighted by molar-refractivity contribution is 7.45. The van der Waals surface area contributed by atoms with Crippen LogP contribution in [-0.2, 0) is 18.8 Å². The average molecular weight is 292 g/mol. The van der Waals surface area contributed by atoms with Crippen LogP contribution in [0.15, 0.2) is 0 Å². The summed E-state index contributed by atoms with van der Waals surface area (Å²) in [6, 6.07) is 0. The number of esters is 1. The van der Waals surface area contributed by atoms with E-state index in [1.54, 1.807) is 6.92 Å². The molecule has 3 unspecified atom stereocenters. The molecule has 5 heteroatoms. The zero-order valence-electron chi connectivity index (χ0n) is 12.7. The van der Waals surface area contributed by atoms with Gasteiger partial charge in [-0.3, -0.25) is 4.79 Å². The van der Waals surface area contributed by atoms with E-state index < -0.39 is 7.80 Å². The minimum Gasteiger partial charge on any atom is -0.465 e. The minimum atomic E-state index is -1.89. The maximum atomic E-state index is 12.0. The summed E-state index contributed by atoms with van der Waals surface area (Å²) in [5.41, 5.74) is 0. The normalized spacial score (nSPS) is 15.8. The van der Waals surface area contributed by atoms with Crippen LogP contribution in [0.1, 0.15) is 53.4 Å². The van der Waals surface area contributed by atoms with Gasteiger partial charge in [0.2, 0.25) is 0 Å². The third-order valence-corrected chi connectivity index (χ3v) is 5.06. The van der Waals surface area contributed by atoms with Gasteiger partial charge >= 0.3 is 5.97 Å². The highest BCUT2D eigenvalue weighted by Gasteiger charge is 2.20. The van der Waals surface area contributed by atoms with E-state index in [-0.39, 0.29) is 17.7 Å². The predicted molar refractivity (Wildman–Crippen MR) is 79.2 cm³/mol. The van der Waals surface area contributed by atoms with E-state index in [9.17, 15) is 9.36 Å². The molecule has 0 aliphatic rings. The Hall–Kier alpha value is -0.340. The number of carbonyl (C=O) groups excluding carboxylic acids is 1. The molecule has 0 aromatic rings. The van der Waals surface area contributed by atoms with Crippen LogP contribution in [0.5, 0.6) is 0 Å². The van der Waals surface area contributed by atoms with Gasteiger partial charge in [-0.25, -0.2) is 0 Å². The van der Waals surface area contributed by atoms with Crippen molar-refractivity contribution in [3.8, 4) is 0 Å². The van der Waals surface area contributed by atoms with Crippen molar-refractivity contribution in [2.45, 2.75) is 59.2 Å². The van der Waals surface area contributed by atoms with Crippen molar-refractivity contribution in [2.75, 3.05) is 19.4 Å². The van der Waals surface area contributed by atoms with Crippen LogP contribution in [0.2, 0.25) is 0 Å². The SMILES string of the molecule is CCCCOC(=O)C(C)C[PH](=O)C(C)OCCCC. The van der Waals surface area contributed by atoms with Crippen LogP contribution < -0.4 is 0 Å². The molecule has 0 fully saturated rings. The number of ether oxygens (including phenoxy) is 2. The molecule has 0 aromatic heterocycles. The third-order valence-electron chi connectivity index (χ3n) is 2.97. The number of unbranched alkanes of at least 4 members (excludes halogenated alkanes) is 2. The first-order valence-electron chi connectivity index (χ1n) is 7.33. The quantitative estimate of drug-likeness (QED) is 0.331. The molecule has 3 atom stereocenters. The van der Waals surface area contributed by atoms with Gasteiger partial charge in [0.1, 0.15) is 13.6 Å². The van der Waals surface area contributed by atoms with Gasteiger partial charge in [0.05, 0.1) is 12.5 Å². The summed E-state index contributed by atoms with van der Waals surface area (Å²) in [4.78, 5) is 11.7. The van der Waals surface area contributed by atoms with Crippen LogP contribution in [0.3, 0.4) is 0 Å². The molecular formula is C14H29O4P. The molecule has 0 amide bonds. The molecule has 0 saturated carbocycles. The van der Waals surface area contributed by atoms with E-state index in [0.29, 0.717) is 19.4 Å². The third kappa shape index (κ3) is 9.23. The van der Waals surface area contributed by atoms with Crippen molar-refractivity contribution < 1.29 is 18.8 Å². The second-order valence-electron chi connectivity index (χ2n) is 4.96. The van der Waals surface area contributed by atoms with Gasteiger partial charge < -0.3 is 14.0 Å². The van der Waals surface area contributed by atoms with Crippen molar-refractivity contribution >= 4 is 13.8 Å². The standard InChI is InChI=1S/C14H29O4P/c1-5-7-9-17-13(4)19(16)11-12(3)14(15)18-10-8-6-2/h12-13,19H,5-11H2,1-4H3. The van der Waals surface area contributed by atoms with Crippen molar-refractivity contribution in [1.29, 1.82) is 0 Å². The lowest BCUT2D eigenvalue weighted by molar-refractivity contribution is -0.147. The number of carbonyl (C=O) groups is 1. The molecule has 0 bridgehead atoms. The topological polar surface area (TPSA) is 52.6 Å². The summed E-state index contributed by atoms with van der Waals surface area (Å²) in [6.45, 7) is 8.84. The summed E-state index contributed by atoms with van der Waals surface area (Å²) < 4.78 is 22.7. The van der Waals surface area contributed by atoms with Gasteiger partial charge in [0.25, 0.3) is 0 Å². The van der Waals surface area contributed by atoms with Crippen molar-refractivity contribution in [3.63, 3.8) is 0 Å². The molecule has 0 aliphatic carbocycles. The van der Waals surface area contributed by atoms with Crippen LogP contribution in [0.25, 0.3) is 0 Å². The Balaban J connectivity index is 3.92. The van der Waals surface area contributed by atoms with Crippen LogP contribution >= 0.6 is 7.80 Å². The summed E-state index contributed by atoms with van der Waals surface area (Å²) in [6.07, 6.45) is 4.30. The second-order valence-corrected chi connectivity index (χ2v) is 7.11. The maximum absolute atomic E-state index is 12.0. The highest BCUT2D eigenvalue weighted by Crippen LogP contribution is 2.31. The monoisotopic (exact) mass is 292 g/mol. The Morgan fingerprint density at radius 3 is 2.26 bits per heavy atom. The minimum absolute atomic E-state index is 0.243. The smallest absolute Gasteiger partial charge is 0.309 e. The molecule has 0 radical (unpaired) electrons. The van der Waals surface area contributed by atoms with Crippen LogP contribution in [0.4, 0.5) is 0 Å². The molecule has 0 aliphatic heterocycles. The van der Waals surface area contributed by atoms with E-state index in [1.807, 2.05) is 13.8 Å². The second kappa shape index (κ2) is 11.5. The summed E-state index contributed by atoms with van der Waals surface area (Å²) >= 11 is 0. The Kier molecular flexibility index (Phi) is 11.3. The number of hydrogen-bond donors (Lipinski definition) is 0. The molecule has 0 spiro atoms. The first-order valence-corrected chi connectivity index (χ1v) is 9.03. The first-order chi connectivity index (χ1) is 9.02. The average Bonchev–Trinajstić information content (AvgIpc) is 2.38. The van der Waals surface area contributed by atoms with E-state index in [2.05, 4.69) is 6.92 Å². The van der Waals surface area contributed by atoms with Gasteiger partial charge in [-0.15, -0.1) is 0 Å². The Morgan fingerprint density at radius 1 is 1.11 bits per heavy atom. The molecule has 114 valence electrons. The largest absolute Gasteiger partial charge is 0.465 e. The van der Waals surface area contributed by atoms with Crippen molar-refractivity contribution in [2.24, 2.45) is 5.92 Å². The molecule has 0 N–H and O–H groups in total. The van der Waals surface area contributed by atoms with Crippen molar-refractivity contribution in [3.05, 3.63) is 0 Å². The zero-order valence-corrected chi connectivity index (χ0v) is 13.7. The van der Waals surface area contributed by atoms with Gasteiger partial charge in [0.15, 0.2) is 0 Å². The Labute approximate surface area is 118 Å². The lowest BCUT2D eigenvalue weighted by atomic mass is 10.2. The molecule has 0 saturated heterocycles. The molecule has 0 heterocycles. The zero-order chi connectivity index (χ0) is 14.7. The number of rotatable bonds is 11. The fourth-order valence-corrected chi connectivity index (χ4v) is 2.91. The molecule has 0 rings (SSSR count). The number of hydrogen-bond acceptors (Lipinski definition) is 4. The van der Waals surface area contributed by atoms with Gasteiger partial charge in [0, 0.05) is 12.8 Å². The maximum Gasteiger partial charge on any atom is 0.309 e. The van der Waals surface area contributed by atoms with E-state index in [1.165, 1.54) is 0 Å². The molecule has 0 aromatic carbocycles. The Bertz CT molecular complexity index is 268. The van der Waals surface area contributed by atoms with Crippen LogP contribution in [-0.4, -0.2) is 31.2 Å². The van der Waals surface area contributed by atoms with Gasteiger partial charge in [-0.2, -0.15) is 0 Å². The summed E-state index contributed by atoms with van der Waals surface area (Å²) in [5, 5.41) is 0. The van der Waals surface area contributed by atoms with E-state index in [0.717, 1.165) is 25.7 Å². The van der Waals surface area contributed by atoms with Crippen LogP contribution in [0, 0.1) is 5.92 Å². The molecular weight excluding hydrogens is 263 g/mol. The highest BCUT2D eigenvalue weighted by atomic mass is 31.1. The van der Waals surface area contributed by atoms with Crippen molar-refractivity contribution in [1.82, 2.24) is 0 Å². The lowest BCUT2D eigenvalue weighted by Crippen LogP contribution is -2.19. The van der Waals surface area contributed by atoms with Gasteiger partial charge in [-0.1, -0.05) is 33.6 Å². The van der Waals surface area contributed by atoms with E-state index in [4.69, 9.17) is 9.47 Å². The summed E-state index contributed by atoms with van der Waals surface area (Å²) in [5.74, 6) is -0.796. The first kappa shape index (κ1) is 18.7. The molecule has 19 heavy (non-hydrogen) atoms. The fourth-order valence-electron chi connectivity index (χ4n) is 1.51. The summed E-state index contributed by atoms with van der Waals surface area (Å²) in [7, 11) is -1.89. The molecule has 4 nitrogen and oxygen atoms in total. The predicted octanol–water partition coefficient (Wildman–Crippen LogP) is 3.69. The van der Waals surface area contributed by atoms with E-state index >= 15 is 0 Å².